The predicted octanol–water partition coefficient (Wildman–Crippen LogP) is 11.6. The van der Waals surface area contributed by atoms with Crippen LogP contribution in [-0.2, 0) is 0 Å². The average Bonchev–Trinajstić information content (AvgIpc) is 2.94. The highest BCUT2D eigenvalue weighted by molar-refractivity contribution is 5.38. The van der Waals surface area contributed by atoms with E-state index in [1.54, 1.807) is 0 Å². The molecule has 4 fully saturated rings. The molecule has 0 amide bonds. The molecule has 0 radical (unpaired) electrons. The van der Waals surface area contributed by atoms with Gasteiger partial charge in [-0.3, -0.25) is 13.5 Å². The summed E-state index contributed by atoms with van der Waals surface area (Å²) in [6, 6.07) is 0. The zero-order valence-electron chi connectivity index (χ0n) is 26.8. The Balaban J connectivity index is 0.000000334. The first-order valence-electron chi connectivity index (χ1n) is 14.3. The molecule has 8 unspecified atom stereocenters. The summed E-state index contributed by atoms with van der Waals surface area (Å²) in [7, 11) is 0. The van der Waals surface area contributed by atoms with Crippen molar-refractivity contribution in [2.45, 2.75) is 114 Å². The molecule has 0 aromatic rings. The van der Waals surface area contributed by atoms with Gasteiger partial charge in [0.25, 0.3) is 29.6 Å². The number of hydrogen-bond acceptors (Lipinski definition) is 0. The molecular weight excluding hydrogens is 721 g/mol. The summed E-state index contributed by atoms with van der Waals surface area (Å²) in [4.78, 5) is 0. The molecule has 0 heterocycles. The van der Waals surface area contributed by atoms with Gasteiger partial charge in [0, 0.05) is 6.42 Å². The van der Waals surface area contributed by atoms with E-state index in [0.29, 0.717) is 26.8 Å². The minimum atomic E-state index is -5.89. The van der Waals surface area contributed by atoms with E-state index in [1.165, 1.54) is 0 Å². The summed E-state index contributed by atoms with van der Waals surface area (Å²) in [5, 5.41) is 0. The molecule has 288 valence electrons. The molecule has 0 aromatic carbocycles. The Bertz CT molecular complexity index is 1350. The minimum absolute atomic E-state index is 0. The third-order valence-corrected chi connectivity index (χ3v) is 12.2. The van der Waals surface area contributed by atoms with E-state index in [9.17, 15) is 79.0 Å². The molecule has 0 N–H and O–H groups in total. The van der Waals surface area contributed by atoms with Gasteiger partial charge in [-0.2, -0.15) is 0 Å². The van der Waals surface area contributed by atoms with Crippen molar-refractivity contribution in [3.63, 3.8) is 0 Å². The smallest absolute Gasteiger partial charge is 0.269 e. The number of rotatable bonds is 4. The third kappa shape index (κ3) is 3.79. The van der Waals surface area contributed by atoms with Crippen molar-refractivity contribution in [3.05, 3.63) is 25.3 Å². The van der Waals surface area contributed by atoms with Crippen LogP contribution in [0.3, 0.4) is 0 Å². The number of hydrogen-bond donors (Lipinski definition) is 0. The van der Waals surface area contributed by atoms with Gasteiger partial charge >= 0.3 is 11.8 Å². The summed E-state index contributed by atoms with van der Waals surface area (Å²) in [5.74, 6) is -36.7. The second-order valence-electron chi connectivity index (χ2n) is 14.9. The predicted molar refractivity (Wildman–Crippen MR) is 140 cm³/mol. The van der Waals surface area contributed by atoms with Crippen molar-refractivity contribution in [2.75, 3.05) is 13.3 Å². The Morgan fingerprint density at radius 2 is 0.816 bits per heavy atom. The fraction of sp³-hybridized carbons (Fsp3) is 0.867. The highest BCUT2D eigenvalue weighted by Crippen LogP contribution is 2.83. The van der Waals surface area contributed by atoms with Gasteiger partial charge in [-0.15, -0.1) is 13.2 Å². The van der Waals surface area contributed by atoms with Crippen molar-refractivity contribution in [1.82, 2.24) is 0 Å². The van der Waals surface area contributed by atoms with Gasteiger partial charge in [0.05, 0.1) is 16.2 Å². The molecule has 4 saturated carbocycles. The molecule has 4 rings (SSSR count). The second-order valence-corrected chi connectivity index (χ2v) is 14.9. The Labute approximate surface area is 269 Å². The van der Waals surface area contributed by atoms with E-state index < -0.39 is 125 Å². The highest BCUT2D eigenvalue weighted by Gasteiger charge is 3.01. The van der Waals surface area contributed by atoms with E-state index in [2.05, 4.69) is 13.2 Å². The van der Waals surface area contributed by atoms with E-state index in [1.807, 2.05) is 0 Å². The van der Waals surface area contributed by atoms with Gasteiger partial charge in [0.1, 0.15) is 18.8 Å². The highest BCUT2D eigenvalue weighted by atomic mass is 19.3. The van der Waals surface area contributed by atoms with Crippen molar-refractivity contribution >= 4 is 0 Å². The lowest BCUT2D eigenvalue weighted by molar-refractivity contribution is -0.490. The molecule has 4 aliphatic carbocycles. The van der Waals surface area contributed by atoms with Gasteiger partial charge in [-0.25, -0.2) is 70.2 Å². The normalized spacial score (nSPS) is 48.9. The van der Waals surface area contributed by atoms with Crippen LogP contribution in [0, 0.1) is 32.5 Å². The standard InChI is InChI=1S/C15H16F10.C15H18F8.FH/c1-5-11-6-8(2,7-16)12(18,19)9(3,14(11,22)23)13(20,21)10(4,17)15(11,24)25;1-5-12-6-9(2,8-16)13(18,19)11(4,15(12,22)23)14(20,21)10(3,17)7-12;/h5H,1,6-7H2,2-4H3;5H,1,6-8H2,2-4H3;1H. The quantitative estimate of drug-likeness (QED) is 0.198. The van der Waals surface area contributed by atoms with Gasteiger partial charge in [-0.05, 0) is 40.5 Å². The lowest BCUT2D eigenvalue weighted by Gasteiger charge is -2.69. The molecule has 19 heteroatoms. The Morgan fingerprint density at radius 3 is 1.16 bits per heavy atom. The summed E-state index contributed by atoms with van der Waals surface area (Å²) < 4.78 is 262. The molecule has 4 aliphatic rings. The molecule has 4 bridgehead atoms. The van der Waals surface area contributed by atoms with E-state index in [0.717, 1.165) is 0 Å². The summed E-state index contributed by atoms with van der Waals surface area (Å²) in [6.45, 7) is 2.39. The van der Waals surface area contributed by atoms with Crippen molar-refractivity contribution < 1.29 is 83.7 Å². The molecule has 8 atom stereocenters. The van der Waals surface area contributed by atoms with Crippen LogP contribution >= 0.6 is 0 Å². The summed E-state index contributed by atoms with van der Waals surface area (Å²) >= 11 is 0. The molecule has 49 heavy (non-hydrogen) atoms. The lowest BCUT2D eigenvalue weighted by atomic mass is 9.40. The number of allylic oxidation sites excluding steroid dienone is 2. The zero-order chi connectivity index (χ0) is 38.4. The maximum Gasteiger partial charge on any atom is 0.304 e. The molecule has 0 spiro atoms. The number of halogens is 19. The molecule has 0 nitrogen and oxygen atoms in total. The number of fused-ring (bicyclic) bond motifs is 4. The van der Waals surface area contributed by atoms with Crippen LogP contribution in [0.1, 0.15) is 60.8 Å². The van der Waals surface area contributed by atoms with Crippen LogP contribution in [0.4, 0.5) is 83.7 Å². The molecular formula is C30H35F19. The van der Waals surface area contributed by atoms with Crippen LogP contribution in [0.25, 0.3) is 0 Å². The second kappa shape index (κ2) is 10.4. The molecule has 0 aromatic heterocycles. The number of alkyl halides is 18. The van der Waals surface area contributed by atoms with Crippen LogP contribution in [0.5, 0.6) is 0 Å². The average molecular weight is 757 g/mol. The van der Waals surface area contributed by atoms with E-state index in [4.69, 9.17) is 0 Å². The fourth-order valence-corrected chi connectivity index (χ4v) is 8.75. The minimum Gasteiger partial charge on any atom is -0.269 e. The Hall–Kier alpha value is -1.85. The summed E-state index contributed by atoms with van der Waals surface area (Å²) in [5.41, 5.74) is -30.9. The largest absolute Gasteiger partial charge is 0.304 e. The lowest BCUT2D eigenvalue weighted by Crippen LogP contribution is -2.88. The van der Waals surface area contributed by atoms with Crippen LogP contribution in [0.2, 0.25) is 0 Å². The molecule has 0 aliphatic heterocycles. The first-order valence-corrected chi connectivity index (χ1v) is 14.3. The van der Waals surface area contributed by atoms with Gasteiger partial charge < -0.3 is 0 Å². The van der Waals surface area contributed by atoms with Gasteiger partial charge in [0.2, 0.25) is 5.67 Å². The first-order chi connectivity index (χ1) is 20.9. The first kappa shape index (κ1) is 43.3. The van der Waals surface area contributed by atoms with Crippen LogP contribution in [-0.4, -0.2) is 66.1 Å². The van der Waals surface area contributed by atoms with Crippen LogP contribution in [0.15, 0.2) is 25.3 Å². The van der Waals surface area contributed by atoms with Gasteiger partial charge in [-0.1, -0.05) is 26.0 Å². The Kier molecular flexibility index (Phi) is 9.19. The Morgan fingerprint density at radius 1 is 0.449 bits per heavy atom. The fourth-order valence-electron chi connectivity index (χ4n) is 8.75. The van der Waals surface area contributed by atoms with Crippen molar-refractivity contribution in [3.8, 4) is 0 Å². The van der Waals surface area contributed by atoms with E-state index >= 15 is 0 Å². The van der Waals surface area contributed by atoms with Crippen LogP contribution < -0.4 is 0 Å². The maximum absolute atomic E-state index is 14.9. The SMILES string of the molecule is C=CC12CC(C)(CF)C(F)(F)C(C)(C(F)(F)C(C)(F)C1(F)F)C2(F)F.C=CC12CC(C)(F)C(F)(F)C(C)(C(F)(F)C(C)(CF)C1)C2(F)F.F. The van der Waals surface area contributed by atoms with Crippen molar-refractivity contribution in [1.29, 1.82) is 0 Å². The van der Waals surface area contributed by atoms with E-state index in [-0.39, 0.29) is 24.6 Å². The zero-order valence-corrected chi connectivity index (χ0v) is 26.8. The maximum atomic E-state index is 14.9. The van der Waals surface area contributed by atoms with Gasteiger partial charge in [0.15, 0.2) is 16.5 Å². The monoisotopic (exact) mass is 756 g/mol. The molecule has 0 saturated heterocycles. The van der Waals surface area contributed by atoms with Crippen molar-refractivity contribution in [2.24, 2.45) is 32.5 Å². The third-order valence-electron chi connectivity index (χ3n) is 12.2. The summed E-state index contributed by atoms with van der Waals surface area (Å²) in [6.07, 6.45) is -4.21. The topological polar surface area (TPSA) is 0 Å².